The van der Waals surface area contributed by atoms with Crippen LogP contribution in [0.1, 0.15) is 33.5 Å². The Labute approximate surface area is 128 Å². The van der Waals surface area contributed by atoms with Crippen LogP contribution in [0.2, 0.25) is 0 Å². The highest BCUT2D eigenvalue weighted by atomic mass is 16.3. The van der Waals surface area contributed by atoms with E-state index < -0.39 is 11.5 Å². The van der Waals surface area contributed by atoms with Gasteiger partial charge in [-0.2, -0.15) is 0 Å². The molecule has 0 radical (unpaired) electrons. The first-order valence-electron chi connectivity index (χ1n) is 7.15. The van der Waals surface area contributed by atoms with E-state index in [2.05, 4.69) is 5.32 Å². The molecule has 2 N–H and O–H groups in total. The molecule has 2 aromatic rings. The Hall–Kier alpha value is -2.46. The lowest BCUT2D eigenvalue weighted by atomic mass is 9.87. The maximum Gasteiger partial charge on any atom is 0.261 e. The monoisotopic (exact) mass is 295 g/mol. The van der Waals surface area contributed by atoms with Crippen LogP contribution in [0.5, 0.6) is 0 Å². The molecule has 4 nitrogen and oxygen atoms in total. The Morgan fingerprint density at radius 3 is 2.64 bits per heavy atom. The van der Waals surface area contributed by atoms with Gasteiger partial charge < -0.3 is 10.4 Å². The van der Waals surface area contributed by atoms with Crippen LogP contribution in [0.15, 0.2) is 42.5 Å². The summed E-state index contributed by atoms with van der Waals surface area (Å²) in [6, 6.07) is 12.4. The zero-order valence-corrected chi connectivity index (χ0v) is 12.5. The number of carbonyl (C=O) groups excluding carboxylic acids is 2. The summed E-state index contributed by atoms with van der Waals surface area (Å²) in [7, 11) is 0. The molecule has 1 aliphatic rings. The van der Waals surface area contributed by atoms with Crippen molar-refractivity contribution in [1.82, 2.24) is 0 Å². The molecule has 0 unspecified atom stereocenters. The van der Waals surface area contributed by atoms with Crippen LogP contribution < -0.4 is 5.32 Å². The van der Waals surface area contributed by atoms with E-state index >= 15 is 0 Å². The van der Waals surface area contributed by atoms with Crippen molar-refractivity contribution in [3.05, 3.63) is 64.7 Å². The highest BCUT2D eigenvalue weighted by Gasteiger charge is 2.46. The number of aliphatic hydroxyl groups is 1. The van der Waals surface area contributed by atoms with E-state index in [1.165, 1.54) is 0 Å². The number of amides is 1. The number of fused-ring (bicyclic) bond motifs is 1. The first-order valence-corrected chi connectivity index (χ1v) is 7.15. The molecule has 0 saturated carbocycles. The number of nitrogens with one attached hydrogen (secondary N) is 1. The average molecular weight is 295 g/mol. The first-order chi connectivity index (χ1) is 10.4. The second-order valence-electron chi connectivity index (χ2n) is 5.78. The van der Waals surface area contributed by atoms with Gasteiger partial charge in [0, 0.05) is 16.8 Å². The molecule has 0 saturated heterocycles. The normalized spacial score (nSPS) is 19.7. The van der Waals surface area contributed by atoms with Crippen LogP contribution >= 0.6 is 0 Å². The molecule has 22 heavy (non-hydrogen) atoms. The van der Waals surface area contributed by atoms with Gasteiger partial charge in [-0.25, -0.2) is 0 Å². The van der Waals surface area contributed by atoms with Crippen LogP contribution in [0.3, 0.4) is 0 Å². The van der Waals surface area contributed by atoms with Gasteiger partial charge >= 0.3 is 0 Å². The van der Waals surface area contributed by atoms with E-state index in [9.17, 15) is 14.7 Å². The van der Waals surface area contributed by atoms with Gasteiger partial charge in [0.25, 0.3) is 5.91 Å². The van der Waals surface area contributed by atoms with Gasteiger partial charge in [-0.05, 0) is 25.5 Å². The molecular formula is C18H17NO3. The standard InChI is InChI=1S/C18H17NO3/c1-11-7-8-13(12(2)9-11)16(20)10-18(22)14-5-3-4-6-15(14)19-17(18)21/h3-9,22H,10H2,1-2H3,(H,19,21)/t18-/m0/s1. The number of carbonyl (C=O) groups is 2. The molecule has 112 valence electrons. The van der Waals surface area contributed by atoms with Crippen LogP contribution in [0, 0.1) is 13.8 Å². The van der Waals surface area contributed by atoms with Gasteiger partial charge in [0.1, 0.15) is 0 Å². The second-order valence-corrected chi connectivity index (χ2v) is 5.78. The molecule has 1 amide bonds. The lowest BCUT2D eigenvalue weighted by molar-refractivity contribution is -0.133. The molecule has 1 aliphatic heterocycles. The van der Waals surface area contributed by atoms with Gasteiger partial charge in [-0.15, -0.1) is 0 Å². The minimum Gasteiger partial charge on any atom is -0.375 e. The molecule has 1 atom stereocenters. The minimum atomic E-state index is -1.80. The van der Waals surface area contributed by atoms with Gasteiger partial charge in [-0.1, -0.05) is 42.0 Å². The highest BCUT2D eigenvalue weighted by molar-refractivity contribution is 6.09. The molecule has 1 heterocycles. The molecule has 4 heteroatoms. The number of Topliss-reactive ketones (excluding diaryl/α,β-unsaturated/α-hetero) is 1. The number of rotatable bonds is 3. The number of aryl methyl sites for hydroxylation is 2. The summed E-state index contributed by atoms with van der Waals surface area (Å²) in [6.07, 6.45) is -0.264. The smallest absolute Gasteiger partial charge is 0.261 e. The zero-order valence-electron chi connectivity index (χ0n) is 12.5. The van der Waals surface area contributed by atoms with Crippen molar-refractivity contribution in [2.45, 2.75) is 25.9 Å². The van der Waals surface area contributed by atoms with Gasteiger partial charge in [0.15, 0.2) is 11.4 Å². The highest BCUT2D eigenvalue weighted by Crippen LogP contribution is 2.38. The summed E-state index contributed by atoms with van der Waals surface area (Å²) < 4.78 is 0. The summed E-state index contributed by atoms with van der Waals surface area (Å²) in [6.45, 7) is 3.81. The third-order valence-corrected chi connectivity index (χ3v) is 4.10. The molecule has 0 bridgehead atoms. The molecule has 2 aromatic carbocycles. The lowest BCUT2D eigenvalue weighted by Gasteiger charge is -2.20. The average Bonchev–Trinajstić information content (AvgIpc) is 2.70. The Balaban J connectivity index is 1.95. The fourth-order valence-corrected chi connectivity index (χ4v) is 2.93. The van der Waals surface area contributed by atoms with Crippen molar-refractivity contribution in [1.29, 1.82) is 0 Å². The van der Waals surface area contributed by atoms with E-state index in [1.807, 2.05) is 26.0 Å². The minimum absolute atomic E-state index is 0.244. The Kier molecular flexibility index (Phi) is 3.34. The summed E-state index contributed by atoms with van der Waals surface area (Å²) in [5.41, 5.74) is 1.67. The van der Waals surface area contributed by atoms with Gasteiger partial charge in [-0.3, -0.25) is 9.59 Å². The van der Waals surface area contributed by atoms with Crippen LogP contribution in [0.4, 0.5) is 5.69 Å². The SMILES string of the molecule is Cc1ccc(C(=O)C[C@@]2(O)C(=O)Nc3ccccc32)c(C)c1. The van der Waals surface area contributed by atoms with E-state index in [4.69, 9.17) is 0 Å². The van der Waals surface area contributed by atoms with E-state index in [0.29, 0.717) is 16.8 Å². The van der Waals surface area contributed by atoms with E-state index in [1.54, 1.807) is 30.3 Å². The van der Waals surface area contributed by atoms with E-state index in [-0.39, 0.29) is 12.2 Å². The lowest BCUT2D eigenvalue weighted by Crippen LogP contribution is -2.36. The Morgan fingerprint density at radius 2 is 1.91 bits per heavy atom. The summed E-state index contributed by atoms with van der Waals surface area (Å²) in [5.74, 6) is -0.793. The predicted octanol–water partition coefficient (Wildman–Crippen LogP) is 2.72. The summed E-state index contributed by atoms with van der Waals surface area (Å²) in [4.78, 5) is 24.7. The molecule has 0 spiro atoms. The zero-order chi connectivity index (χ0) is 15.9. The number of anilines is 1. The van der Waals surface area contributed by atoms with Gasteiger partial charge in [0.2, 0.25) is 0 Å². The molecular weight excluding hydrogens is 278 g/mol. The van der Waals surface area contributed by atoms with Crippen molar-refractivity contribution in [2.24, 2.45) is 0 Å². The van der Waals surface area contributed by atoms with Crippen LogP contribution in [0.25, 0.3) is 0 Å². The fraction of sp³-hybridized carbons (Fsp3) is 0.222. The maximum absolute atomic E-state index is 12.6. The molecule has 0 aromatic heterocycles. The van der Waals surface area contributed by atoms with Crippen LogP contribution in [-0.4, -0.2) is 16.8 Å². The fourth-order valence-electron chi connectivity index (χ4n) is 2.93. The largest absolute Gasteiger partial charge is 0.375 e. The third kappa shape index (κ3) is 2.22. The predicted molar refractivity (Wildman–Crippen MR) is 83.8 cm³/mol. The summed E-state index contributed by atoms with van der Waals surface area (Å²) >= 11 is 0. The summed E-state index contributed by atoms with van der Waals surface area (Å²) in [5, 5.41) is 13.4. The number of hydrogen-bond acceptors (Lipinski definition) is 3. The van der Waals surface area contributed by atoms with Crippen molar-refractivity contribution in [3.8, 4) is 0 Å². The topological polar surface area (TPSA) is 66.4 Å². The van der Waals surface area contributed by atoms with Crippen molar-refractivity contribution >= 4 is 17.4 Å². The molecule has 0 fully saturated rings. The number of ketones is 1. The quantitative estimate of drug-likeness (QED) is 0.856. The van der Waals surface area contributed by atoms with Crippen molar-refractivity contribution < 1.29 is 14.7 Å². The van der Waals surface area contributed by atoms with Crippen molar-refractivity contribution in [3.63, 3.8) is 0 Å². The second kappa shape index (κ2) is 5.07. The molecule has 3 rings (SSSR count). The number of para-hydroxylation sites is 1. The van der Waals surface area contributed by atoms with Crippen LogP contribution in [-0.2, 0) is 10.4 Å². The van der Waals surface area contributed by atoms with Gasteiger partial charge in [0.05, 0.1) is 6.42 Å². The molecule has 0 aliphatic carbocycles. The van der Waals surface area contributed by atoms with E-state index in [0.717, 1.165) is 11.1 Å². The Bertz CT molecular complexity index is 782. The number of benzene rings is 2. The maximum atomic E-state index is 12.6. The Morgan fingerprint density at radius 1 is 1.18 bits per heavy atom. The first kappa shape index (κ1) is 14.5. The third-order valence-electron chi connectivity index (χ3n) is 4.10. The number of hydrogen-bond donors (Lipinski definition) is 2. The van der Waals surface area contributed by atoms with Crippen molar-refractivity contribution in [2.75, 3.05) is 5.32 Å².